The summed E-state index contributed by atoms with van der Waals surface area (Å²) >= 11 is 0. The van der Waals surface area contributed by atoms with Crippen molar-refractivity contribution in [3.8, 4) is 0 Å². The molecule has 3 heterocycles. The molecule has 1 aromatic heterocycles. The summed E-state index contributed by atoms with van der Waals surface area (Å²) in [6.07, 6.45) is 19.8. The normalized spacial score (nSPS) is 23.4. The number of piperidine rings is 2. The lowest BCUT2D eigenvalue weighted by molar-refractivity contribution is 0.0865. The molecular formula is C40H77N7. The summed E-state index contributed by atoms with van der Waals surface area (Å²) in [6, 6.07) is 0.889. The monoisotopic (exact) mass is 656 g/mol. The smallest absolute Gasteiger partial charge is 0.230 e. The van der Waals surface area contributed by atoms with Gasteiger partial charge in [0.15, 0.2) is 0 Å². The molecule has 1 aromatic rings. The zero-order valence-electron chi connectivity index (χ0n) is 33.1. The first-order chi connectivity index (χ1) is 22.1. The van der Waals surface area contributed by atoms with Gasteiger partial charge >= 0.3 is 0 Å². The van der Waals surface area contributed by atoms with Crippen molar-refractivity contribution in [2.24, 2.45) is 11.8 Å². The Hall–Kier alpha value is -1.47. The lowest BCUT2D eigenvalue weighted by Crippen LogP contribution is -2.62. The second kappa shape index (κ2) is 17.5. The minimum absolute atomic E-state index is 0.0708. The van der Waals surface area contributed by atoms with Gasteiger partial charge in [0.05, 0.1) is 0 Å². The highest BCUT2D eigenvalue weighted by atomic mass is 15.3. The standard InChI is InChI=1S/C38H71N7.C2H6/c1-11-28(29-24-35(3,4)43-36(5,6)25-29)20-16-13-14-19-23-45(31-26-37(7,8)44-38(9,10)27-31)34-41-32(12-2)40-33(42-34)39-30-21-17-15-18-22-30;1-2/h28-31,43-44H,11-27H2,1-10H3,(H,39,40,41,42);1-2H3. The van der Waals surface area contributed by atoms with Crippen LogP contribution in [0.15, 0.2) is 0 Å². The molecule has 0 aromatic carbocycles. The summed E-state index contributed by atoms with van der Waals surface area (Å²) in [5.74, 6) is 4.26. The van der Waals surface area contributed by atoms with Gasteiger partial charge in [0.2, 0.25) is 11.9 Å². The molecule has 272 valence electrons. The molecule has 7 heteroatoms. The molecule has 0 radical (unpaired) electrons. The van der Waals surface area contributed by atoms with E-state index in [-0.39, 0.29) is 22.2 Å². The number of unbranched alkanes of at least 4 members (excludes halogenated alkanes) is 3. The van der Waals surface area contributed by atoms with Crippen LogP contribution in [0.5, 0.6) is 0 Å². The molecule has 0 amide bonds. The summed E-state index contributed by atoms with van der Waals surface area (Å²) in [6.45, 7) is 28.6. The Balaban J connectivity index is 0.00000294. The van der Waals surface area contributed by atoms with E-state index in [1.165, 1.54) is 83.5 Å². The van der Waals surface area contributed by atoms with Gasteiger partial charge in [-0.1, -0.05) is 79.1 Å². The van der Waals surface area contributed by atoms with Crippen LogP contribution in [0.1, 0.15) is 185 Å². The van der Waals surface area contributed by atoms with Crippen molar-refractivity contribution in [2.45, 2.75) is 220 Å². The maximum Gasteiger partial charge on any atom is 0.230 e. The molecule has 47 heavy (non-hydrogen) atoms. The maximum atomic E-state index is 5.14. The van der Waals surface area contributed by atoms with Crippen LogP contribution in [0, 0.1) is 11.8 Å². The molecule has 1 saturated carbocycles. The van der Waals surface area contributed by atoms with Crippen LogP contribution in [0.3, 0.4) is 0 Å². The van der Waals surface area contributed by atoms with Crippen molar-refractivity contribution in [3.63, 3.8) is 0 Å². The number of nitrogens with one attached hydrogen (secondary N) is 3. The Morgan fingerprint density at radius 2 is 1.28 bits per heavy atom. The minimum Gasteiger partial charge on any atom is -0.351 e. The third-order valence-corrected chi connectivity index (χ3v) is 10.9. The fraction of sp³-hybridized carbons (Fsp3) is 0.925. The lowest BCUT2D eigenvalue weighted by Gasteiger charge is -2.49. The molecule has 7 nitrogen and oxygen atoms in total. The quantitative estimate of drug-likeness (QED) is 0.172. The molecule has 3 fully saturated rings. The van der Waals surface area contributed by atoms with Crippen molar-refractivity contribution in [2.75, 3.05) is 16.8 Å². The molecule has 3 aliphatic rings. The number of aromatic nitrogens is 3. The van der Waals surface area contributed by atoms with E-state index >= 15 is 0 Å². The molecular weight excluding hydrogens is 578 g/mol. The number of anilines is 2. The van der Waals surface area contributed by atoms with E-state index < -0.39 is 0 Å². The summed E-state index contributed by atoms with van der Waals surface area (Å²) in [5, 5.41) is 11.5. The molecule has 0 spiro atoms. The van der Waals surface area contributed by atoms with Crippen molar-refractivity contribution in [1.29, 1.82) is 0 Å². The van der Waals surface area contributed by atoms with Crippen LogP contribution in [0.4, 0.5) is 11.9 Å². The van der Waals surface area contributed by atoms with E-state index in [4.69, 9.17) is 15.0 Å². The zero-order chi connectivity index (χ0) is 34.9. The summed E-state index contributed by atoms with van der Waals surface area (Å²) in [4.78, 5) is 17.6. The molecule has 1 atom stereocenters. The number of rotatable bonds is 14. The van der Waals surface area contributed by atoms with Gasteiger partial charge in [-0.05, 0) is 112 Å². The summed E-state index contributed by atoms with van der Waals surface area (Å²) < 4.78 is 0. The summed E-state index contributed by atoms with van der Waals surface area (Å²) in [5.41, 5.74) is 0.613. The molecule has 4 rings (SSSR count). The van der Waals surface area contributed by atoms with Gasteiger partial charge in [-0.2, -0.15) is 15.0 Å². The average molecular weight is 656 g/mol. The van der Waals surface area contributed by atoms with E-state index in [1.807, 2.05) is 13.8 Å². The van der Waals surface area contributed by atoms with Gasteiger partial charge in [-0.25, -0.2) is 0 Å². The third-order valence-electron chi connectivity index (χ3n) is 10.9. The van der Waals surface area contributed by atoms with Crippen LogP contribution < -0.4 is 20.9 Å². The van der Waals surface area contributed by atoms with Gasteiger partial charge in [0.1, 0.15) is 5.82 Å². The first kappa shape index (κ1) is 40.0. The Kier molecular flexibility index (Phi) is 14.8. The Morgan fingerprint density at radius 3 is 1.83 bits per heavy atom. The van der Waals surface area contributed by atoms with Crippen molar-refractivity contribution < 1.29 is 0 Å². The number of hydrogen-bond acceptors (Lipinski definition) is 7. The van der Waals surface area contributed by atoms with Gasteiger partial charge < -0.3 is 20.9 Å². The maximum absolute atomic E-state index is 5.14. The van der Waals surface area contributed by atoms with Crippen LogP contribution in [0.2, 0.25) is 0 Å². The predicted molar refractivity (Wildman–Crippen MR) is 204 cm³/mol. The zero-order valence-corrected chi connectivity index (χ0v) is 33.1. The van der Waals surface area contributed by atoms with Gasteiger partial charge in [0, 0.05) is 47.2 Å². The Morgan fingerprint density at radius 1 is 0.723 bits per heavy atom. The molecule has 2 saturated heterocycles. The molecule has 0 bridgehead atoms. The van der Waals surface area contributed by atoms with Crippen LogP contribution in [-0.4, -0.2) is 55.7 Å². The average Bonchev–Trinajstić information content (AvgIpc) is 2.96. The SMILES string of the molecule is CC.CCc1nc(NC2CCCCC2)nc(N(CCCCCCC(CC)C2CC(C)(C)NC(C)(C)C2)C2CC(C)(C)NC(C)(C)C2)n1. The van der Waals surface area contributed by atoms with E-state index in [0.29, 0.717) is 12.1 Å². The van der Waals surface area contributed by atoms with Gasteiger partial charge in [0.25, 0.3) is 0 Å². The van der Waals surface area contributed by atoms with E-state index in [2.05, 4.69) is 90.1 Å². The third kappa shape index (κ3) is 12.7. The number of aryl methyl sites for hydroxylation is 1. The molecule has 1 unspecified atom stereocenters. The molecule has 3 N–H and O–H groups in total. The number of nitrogens with zero attached hydrogens (tertiary/aromatic N) is 4. The van der Waals surface area contributed by atoms with Gasteiger partial charge in [-0.15, -0.1) is 0 Å². The summed E-state index contributed by atoms with van der Waals surface area (Å²) in [7, 11) is 0. The Bertz CT molecular complexity index is 1030. The molecule has 1 aliphatic carbocycles. The first-order valence-corrected chi connectivity index (χ1v) is 20.0. The fourth-order valence-electron chi connectivity index (χ4n) is 9.67. The van der Waals surface area contributed by atoms with Crippen LogP contribution >= 0.6 is 0 Å². The van der Waals surface area contributed by atoms with Crippen LogP contribution in [-0.2, 0) is 6.42 Å². The number of hydrogen-bond donors (Lipinski definition) is 3. The van der Waals surface area contributed by atoms with Gasteiger partial charge in [-0.3, -0.25) is 0 Å². The van der Waals surface area contributed by atoms with Crippen molar-refractivity contribution in [3.05, 3.63) is 5.82 Å². The molecule has 2 aliphatic heterocycles. The topological polar surface area (TPSA) is 78.0 Å². The highest BCUT2D eigenvalue weighted by molar-refractivity contribution is 5.40. The highest BCUT2D eigenvalue weighted by Gasteiger charge is 2.41. The highest BCUT2D eigenvalue weighted by Crippen LogP contribution is 2.40. The van der Waals surface area contributed by atoms with E-state index in [0.717, 1.165) is 55.4 Å². The second-order valence-electron chi connectivity index (χ2n) is 17.8. The minimum atomic E-state index is 0.0708. The first-order valence-electron chi connectivity index (χ1n) is 20.0. The van der Waals surface area contributed by atoms with E-state index in [9.17, 15) is 0 Å². The second-order valence-corrected chi connectivity index (χ2v) is 17.8. The van der Waals surface area contributed by atoms with Crippen molar-refractivity contribution >= 4 is 11.9 Å². The Labute approximate surface area is 291 Å². The fourth-order valence-corrected chi connectivity index (χ4v) is 9.67. The predicted octanol–water partition coefficient (Wildman–Crippen LogP) is 9.85. The van der Waals surface area contributed by atoms with Crippen LogP contribution in [0.25, 0.3) is 0 Å². The van der Waals surface area contributed by atoms with E-state index in [1.54, 1.807) is 0 Å². The van der Waals surface area contributed by atoms with Crippen molar-refractivity contribution in [1.82, 2.24) is 25.6 Å². The lowest BCUT2D eigenvalue weighted by atomic mass is 9.69. The largest absolute Gasteiger partial charge is 0.351 e.